The Morgan fingerprint density at radius 2 is 0.696 bits per heavy atom. The first-order valence-electron chi connectivity index (χ1n) is 14.6. The van der Waals surface area contributed by atoms with E-state index in [1.54, 1.807) is 0 Å². The Kier molecular flexibility index (Phi) is 6.10. The van der Waals surface area contributed by atoms with Gasteiger partial charge in [-0.25, -0.2) is 0 Å². The van der Waals surface area contributed by atoms with Gasteiger partial charge in [0.15, 0.2) is 46.0 Å². The lowest BCUT2D eigenvalue weighted by molar-refractivity contribution is 0.173. The van der Waals surface area contributed by atoms with Gasteiger partial charge in [0.2, 0.25) is 27.2 Å². The molecule has 0 bridgehead atoms. The monoisotopic (exact) mass is 636 g/mol. The van der Waals surface area contributed by atoms with Crippen LogP contribution in [0.4, 0.5) is 34.1 Å². The second-order valence-electron chi connectivity index (χ2n) is 10.9. The predicted molar refractivity (Wildman–Crippen MR) is 170 cm³/mol. The highest BCUT2D eigenvalue weighted by Crippen LogP contribution is 2.51. The molecule has 0 radical (unpaired) electrons. The van der Waals surface area contributed by atoms with E-state index >= 15 is 0 Å². The molecule has 0 amide bonds. The first kappa shape index (κ1) is 26.8. The Morgan fingerprint density at radius 3 is 1.00 bits per heavy atom. The molecule has 4 aliphatic heterocycles. The second kappa shape index (κ2) is 10.5. The van der Waals surface area contributed by atoms with E-state index < -0.39 is 0 Å². The highest BCUT2D eigenvalue weighted by molar-refractivity contribution is 6.36. The maximum atomic E-state index is 7.53. The van der Waals surface area contributed by atoms with E-state index in [0.717, 1.165) is 39.7 Å². The molecule has 0 atom stereocenters. The molecule has 11 heteroatoms. The first-order valence-corrected chi connectivity index (χ1v) is 15.0. The quantitative estimate of drug-likeness (QED) is 0.181. The van der Waals surface area contributed by atoms with Crippen LogP contribution < -0.4 is 47.7 Å². The molecule has 9 rings (SSSR count). The summed E-state index contributed by atoms with van der Waals surface area (Å²) in [6.07, 6.45) is 0. The van der Waals surface area contributed by atoms with Crippen molar-refractivity contribution in [3.63, 3.8) is 0 Å². The number of ether oxygens (including phenoxy) is 8. The van der Waals surface area contributed by atoms with Gasteiger partial charge in [0.25, 0.3) is 0 Å². The number of aryl methyl sites for hydroxylation is 1. The van der Waals surface area contributed by atoms with Gasteiger partial charge in [0.1, 0.15) is 0 Å². The fourth-order valence-corrected chi connectivity index (χ4v) is 6.29. The van der Waals surface area contributed by atoms with Gasteiger partial charge in [0.05, 0.1) is 39.1 Å². The minimum Gasteiger partial charge on any atom is -0.454 e. The maximum Gasteiger partial charge on any atom is 0.231 e. The maximum absolute atomic E-state index is 7.53. The standard InChI is InChI=1S/C35H25ClN2O8/c1-20-10-25(37(21-2-6-27-31(12-21)43-16-39-27)22-3-7-28-32(13-22)44-17-40-28)35(36)26(11-20)38(23-4-8-29-33(14-23)45-18-41-29)24-5-9-30-34(15-24)46-19-42-30/h2-15H,16-19H2,1H3. The third kappa shape index (κ3) is 4.40. The number of nitrogens with zero attached hydrogens (tertiary/aromatic N) is 2. The molecule has 46 heavy (non-hydrogen) atoms. The average Bonchev–Trinajstić information content (AvgIpc) is 3.89. The topological polar surface area (TPSA) is 80.3 Å². The number of hydrogen-bond donors (Lipinski definition) is 0. The van der Waals surface area contributed by atoms with E-state index in [4.69, 9.17) is 49.5 Å². The van der Waals surface area contributed by atoms with Gasteiger partial charge < -0.3 is 47.7 Å². The summed E-state index contributed by atoms with van der Waals surface area (Å²) in [5.41, 5.74) is 5.73. The number of benzene rings is 5. The number of rotatable bonds is 6. The van der Waals surface area contributed by atoms with Crippen molar-refractivity contribution >= 4 is 45.7 Å². The van der Waals surface area contributed by atoms with Gasteiger partial charge in [0, 0.05) is 24.3 Å². The lowest BCUT2D eigenvalue weighted by Gasteiger charge is -2.31. The Bertz CT molecular complexity index is 1780. The minimum absolute atomic E-state index is 0.165. The number of hydrogen-bond acceptors (Lipinski definition) is 10. The SMILES string of the molecule is Cc1cc(N(c2ccc3c(c2)OCO3)c2ccc3c(c2)OCO3)c(Cl)c(N(c2ccc3c(c2)OCO3)c2ccc3c(c2)OCO3)c1. The normalized spacial score (nSPS) is 14.5. The summed E-state index contributed by atoms with van der Waals surface area (Å²) in [5.74, 6) is 5.32. The fraction of sp³-hybridized carbons (Fsp3) is 0.143. The van der Waals surface area contributed by atoms with Crippen molar-refractivity contribution in [1.82, 2.24) is 0 Å². The van der Waals surface area contributed by atoms with E-state index in [2.05, 4.69) is 21.9 Å². The van der Waals surface area contributed by atoms with Crippen LogP contribution in [-0.2, 0) is 0 Å². The number of fused-ring (bicyclic) bond motifs is 4. The van der Waals surface area contributed by atoms with E-state index in [1.807, 2.05) is 79.7 Å². The Labute approximate surface area is 268 Å². The molecule has 0 aromatic heterocycles. The summed E-state index contributed by atoms with van der Waals surface area (Å²) in [6.45, 7) is 2.70. The molecule has 230 valence electrons. The number of anilines is 6. The Balaban J connectivity index is 1.25. The molecular weight excluding hydrogens is 612 g/mol. The minimum atomic E-state index is 0.165. The molecule has 4 heterocycles. The van der Waals surface area contributed by atoms with Gasteiger partial charge in [-0.2, -0.15) is 0 Å². The molecule has 0 aliphatic carbocycles. The van der Waals surface area contributed by atoms with Crippen LogP contribution >= 0.6 is 11.6 Å². The van der Waals surface area contributed by atoms with Crippen molar-refractivity contribution in [3.8, 4) is 46.0 Å². The van der Waals surface area contributed by atoms with Crippen LogP contribution in [0.3, 0.4) is 0 Å². The van der Waals surface area contributed by atoms with Gasteiger partial charge in [-0.3, -0.25) is 0 Å². The first-order chi connectivity index (χ1) is 22.6. The summed E-state index contributed by atoms with van der Waals surface area (Å²) in [4.78, 5) is 4.14. The van der Waals surface area contributed by atoms with Crippen LogP contribution in [-0.4, -0.2) is 27.2 Å². The van der Waals surface area contributed by atoms with Crippen molar-refractivity contribution in [1.29, 1.82) is 0 Å². The Hall–Kier alpha value is -5.61. The molecule has 0 spiro atoms. The van der Waals surface area contributed by atoms with E-state index in [-0.39, 0.29) is 27.2 Å². The van der Waals surface area contributed by atoms with Crippen molar-refractivity contribution < 1.29 is 37.9 Å². The summed E-state index contributed by atoms with van der Waals surface area (Å²) < 4.78 is 45.5. The van der Waals surface area contributed by atoms with Crippen molar-refractivity contribution in [2.24, 2.45) is 0 Å². The van der Waals surface area contributed by atoms with Gasteiger partial charge in [-0.05, 0) is 73.2 Å². The molecular formula is C35H25ClN2O8. The molecule has 5 aromatic rings. The molecule has 4 aliphatic rings. The van der Waals surface area contributed by atoms with Crippen LogP contribution in [0.25, 0.3) is 0 Å². The second-order valence-corrected chi connectivity index (χ2v) is 11.3. The highest BCUT2D eigenvalue weighted by Gasteiger charge is 2.28. The predicted octanol–water partition coefficient (Wildman–Crippen LogP) is 8.50. The summed E-state index contributed by atoms with van der Waals surface area (Å²) >= 11 is 7.53. The molecule has 0 saturated heterocycles. The fourth-order valence-electron chi connectivity index (χ4n) is 6.01. The third-order valence-corrected chi connectivity index (χ3v) is 8.51. The van der Waals surface area contributed by atoms with Crippen LogP contribution in [0.2, 0.25) is 5.02 Å². The zero-order valence-electron chi connectivity index (χ0n) is 24.4. The Morgan fingerprint density at radius 1 is 0.413 bits per heavy atom. The summed E-state index contributed by atoms with van der Waals surface area (Å²) in [7, 11) is 0. The average molecular weight is 637 g/mol. The van der Waals surface area contributed by atoms with E-state index in [1.165, 1.54) is 0 Å². The molecule has 0 saturated carbocycles. The molecule has 5 aromatic carbocycles. The van der Waals surface area contributed by atoms with E-state index in [0.29, 0.717) is 51.0 Å². The highest BCUT2D eigenvalue weighted by atomic mass is 35.5. The van der Waals surface area contributed by atoms with Crippen LogP contribution in [0, 0.1) is 6.92 Å². The van der Waals surface area contributed by atoms with Crippen LogP contribution in [0.1, 0.15) is 5.56 Å². The molecule has 0 unspecified atom stereocenters. The van der Waals surface area contributed by atoms with Gasteiger partial charge in [-0.1, -0.05) is 11.6 Å². The summed E-state index contributed by atoms with van der Waals surface area (Å²) in [6, 6.07) is 27.4. The van der Waals surface area contributed by atoms with E-state index in [9.17, 15) is 0 Å². The molecule has 0 N–H and O–H groups in total. The van der Waals surface area contributed by atoms with Crippen molar-refractivity contribution in [3.05, 3.63) is 95.5 Å². The third-order valence-electron chi connectivity index (χ3n) is 8.12. The molecule has 10 nitrogen and oxygen atoms in total. The lowest BCUT2D eigenvalue weighted by Crippen LogP contribution is -2.15. The number of halogens is 1. The van der Waals surface area contributed by atoms with Gasteiger partial charge >= 0.3 is 0 Å². The van der Waals surface area contributed by atoms with Crippen LogP contribution in [0.15, 0.2) is 84.9 Å². The molecule has 0 fully saturated rings. The smallest absolute Gasteiger partial charge is 0.231 e. The zero-order valence-corrected chi connectivity index (χ0v) is 25.2. The zero-order chi connectivity index (χ0) is 30.8. The lowest BCUT2D eigenvalue weighted by atomic mass is 10.1. The van der Waals surface area contributed by atoms with Crippen molar-refractivity contribution in [2.45, 2.75) is 6.92 Å². The van der Waals surface area contributed by atoms with Crippen molar-refractivity contribution in [2.75, 3.05) is 37.0 Å². The summed E-state index contributed by atoms with van der Waals surface area (Å²) in [5, 5.41) is 0.497. The van der Waals surface area contributed by atoms with Gasteiger partial charge in [-0.15, -0.1) is 0 Å². The van der Waals surface area contributed by atoms with Crippen LogP contribution in [0.5, 0.6) is 46.0 Å². The largest absolute Gasteiger partial charge is 0.454 e.